The largest absolute Gasteiger partial charge is 0.496 e. The number of aromatic nitrogens is 1. The van der Waals surface area contributed by atoms with Crippen LogP contribution in [0.3, 0.4) is 0 Å². The Balaban J connectivity index is 1.89. The van der Waals surface area contributed by atoms with Gasteiger partial charge in [-0.1, -0.05) is 26.0 Å². The van der Waals surface area contributed by atoms with Crippen molar-refractivity contribution >= 4 is 16.8 Å². The van der Waals surface area contributed by atoms with Crippen LogP contribution in [-0.2, 0) is 16.1 Å². The third-order valence-corrected chi connectivity index (χ3v) is 7.24. The molecular formula is C30H38N2O5. The van der Waals surface area contributed by atoms with Crippen LogP contribution >= 0.6 is 0 Å². The number of rotatable bonds is 11. The number of benzene rings is 2. The molecule has 1 aliphatic rings. The van der Waals surface area contributed by atoms with Crippen LogP contribution in [-0.4, -0.2) is 56.4 Å². The molecule has 1 saturated heterocycles. The average molecular weight is 507 g/mol. The number of fused-ring (bicyclic) bond motifs is 1. The molecule has 1 amide bonds. The van der Waals surface area contributed by atoms with Crippen LogP contribution < -0.4 is 14.2 Å². The van der Waals surface area contributed by atoms with Gasteiger partial charge < -0.3 is 23.8 Å². The zero-order valence-corrected chi connectivity index (χ0v) is 22.6. The summed E-state index contributed by atoms with van der Waals surface area (Å²) < 4.78 is 23.0. The summed E-state index contributed by atoms with van der Waals surface area (Å²) in [6, 6.07) is 13.6. The van der Waals surface area contributed by atoms with Gasteiger partial charge in [0.1, 0.15) is 22.8 Å². The average Bonchev–Trinajstić information content (AvgIpc) is 3.45. The Kier molecular flexibility index (Phi) is 8.87. The molecule has 1 fully saturated rings. The summed E-state index contributed by atoms with van der Waals surface area (Å²) in [7, 11) is 4.94. The van der Waals surface area contributed by atoms with Crippen molar-refractivity contribution in [2.45, 2.75) is 52.2 Å². The van der Waals surface area contributed by atoms with Gasteiger partial charge >= 0.3 is 0 Å². The number of ether oxygens (including phenoxy) is 4. The molecule has 7 nitrogen and oxygen atoms in total. The minimum Gasteiger partial charge on any atom is -0.496 e. The third-order valence-electron chi connectivity index (χ3n) is 7.24. The maximum absolute atomic E-state index is 13.7. The van der Waals surface area contributed by atoms with Gasteiger partial charge in [-0.2, -0.15) is 0 Å². The highest BCUT2D eigenvalue weighted by molar-refractivity contribution is 5.93. The summed E-state index contributed by atoms with van der Waals surface area (Å²) >= 11 is 0. The van der Waals surface area contributed by atoms with Gasteiger partial charge in [0.05, 0.1) is 33.1 Å². The van der Waals surface area contributed by atoms with Crippen LogP contribution in [0, 0.1) is 5.92 Å². The van der Waals surface area contributed by atoms with Gasteiger partial charge in [0.25, 0.3) is 0 Å². The van der Waals surface area contributed by atoms with Crippen molar-refractivity contribution in [2.24, 2.45) is 5.92 Å². The molecule has 0 radical (unpaired) electrons. The molecule has 2 aromatic carbocycles. The SMILES string of the molecule is CCC(CC)C(=O)N(Cc1cc2c(OC)ccc(OC)c2nc1-c1ccccc1OC)C[C@@H]1CCCO1. The third kappa shape index (κ3) is 5.67. The molecule has 37 heavy (non-hydrogen) atoms. The van der Waals surface area contributed by atoms with Crippen LogP contribution in [0.25, 0.3) is 22.2 Å². The van der Waals surface area contributed by atoms with Gasteiger partial charge in [-0.25, -0.2) is 4.98 Å². The van der Waals surface area contributed by atoms with E-state index >= 15 is 0 Å². The number of pyridine rings is 1. The second kappa shape index (κ2) is 12.3. The van der Waals surface area contributed by atoms with Crippen molar-refractivity contribution in [2.75, 3.05) is 34.5 Å². The van der Waals surface area contributed by atoms with E-state index in [-0.39, 0.29) is 17.9 Å². The van der Waals surface area contributed by atoms with Gasteiger partial charge in [-0.3, -0.25) is 4.79 Å². The van der Waals surface area contributed by atoms with E-state index in [1.807, 2.05) is 41.3 Å². The Morgan fingerprint density at radius 2 is 1.73 bits per heavy atom. The Morgan fingerprint density at radius 1 is 1.03 bits per heavy atom. The number of carbonyl (C=O) groups is 1. The van der Waals surface area contributed by atoms with Crippen LogP contribution in [0.4, 0.5) is 0 Å². The number of nitrogens with zero attached hydrogens (tertiary/aromatic N) is 2. The van der Waals surface area contributed by atoms with Crippen LogP contribution in [0.5, 0.6) is 17.2 Å². The maximum Gasteiger partial charge on any atom is 0.226 e. The molecule has 0 saturated carbocycles. The number of amides is 1. The second-order valence-electron chi connectivity index (χ2n) is 9.43. The van der Waals surface area contributed by atoms with E-state index < -0.39 is 0 Å². The summed E-state index contributed by atoms with van der Waals surface area (Å²) in [5.41, 5.74) is 3.23. The number of carbonyl (C=O) groups excluding carboxylic acids is 1. The monoisotopic (exact) mass is 506 g/mol. The highest BCUT2D eigenvalue weighted by Gasteiger charge is 2.28. The predicted octanol–water partition coefficient (Wildman–Crippen LogP) is 5.87. The molecule has 0 N–H and O–H groups in total. The predicted molar refractivity (Wildman–Crippen MR) is 145 cm³/mol. The van der Waals surface area contributed by atoms with Gasteiger partial charge in [0, 0.05) is 36.6 Å². The Bertz CT molecular complexity index is 1220. The van der Waals surface area contributed by atoms with Crippen molar-refractivity contribution in [1.29, 1.82) is 0 Å². The zero-order valence-electron chi connectivity index (χ0n) is 22.6. The van der Waals surface area contributed by atoms with E-state index in [4.69, 9.17) is 23.9 Å². The number of para-hydroxylation sites is 1. The van der Waals surface area contributed by atoms with E-state index in [0.29, 0.717) is 30.1 Å². The van der Waals surface area contributed by atoms with Crippen molar-refractivity contribution < 1.29 is 23.7 Å². The molecule has 1 aliphatic heterocycles. The second-order valence-corrected chi connectivity index (χ2v) is 9.43. The molecule has 0 aliphatic carbocycles. The van der Waals surface area contributed by atoms with E-state index in [0.717, 1.165) is 60.2 Å². The first kappa shape index (κ1) is 26.7. The lowest BCUT2D eigenvalue weighted by molar-refractivity contribution is -0.138. The standard InChI is InChI=1S/C30H38N2O5/c1-6-20(7-2)30(33)32(19-22-11-10-16-37-22)18-21-17-24-26(35-4)14-15-27(36-5)29(24)31-28(21)23-12-8-9-13-25(23)34-3/h8-9,12-15,17,20,22H,6-7,10-11,16,18-19H2,1-5H3/t22-/m0/s1. The smallest absolute Gasteiger partial charge is 0.226 e. The number of methoxy groups -OCH3 is 3. The lowest BCUT2D eigenvalue weighted by Crippen LogP contribution is -2.40. The molecule has 2 heterocycles. The number of hydrogen-bond acceptors (Lipinski definition) is 6. The first-order chi connectivity index (χ1) is 18.0. The summed E-state index contributed by atoms with van der Waals surface area (Å²) in [5, 5.41) is 0.836. The van der Waals surface area contributed by atoms with Crippen molar-refractivity contribution in [3.8, 4) is 28.5 Å². The van der Waals surface area contributed by atoms with Gasteiger partial charge in [0.15, 0.2) is 0 Å². The van der Waals surface area contributed by atoms with Gasteiger partial charge in [-0.15, -0.1) is 0 Å². The molecule has 3 aromatic rings. The lowest BCUT2D eigenvalue weighted by Gasteiger charge is -2.30. The molecule has 0 spiro atoms. The minimum atomic E-state index is -0.0286. The number of hydrogen-bond donors (Lipinski definition) is 0. The quantitative estimate of drug-likeness (QED) is 0.324. The molecule has 4 rings (SSSR count). The fourth-order valence-electron chi connectivity index (χ4n) is 5.16. The zero-order chi connectivity index (χ0) is 26.4. The van der Waals surface area contributed by atoms with Crippen molar-refractivity contribution in [1.82, 2.24) is 9.88 Å². The molecule has 1 aromatic heterocycles. The molecular weight excluding hydrogens is 468 g/mol. The van der Waals surface area contributed by atoms with Gasteiger partial charge in [0.2, 0.25) is 5.91 Å². The summed E-state index contributed by atoms with van der Waals surface area (Å²) in [6.07, 6.45) is 3.65. The molecule has 198 valence electrons. The van der Waals surface area contributed by atoms with Gasteiger partial charge in [-0.05, 0) is 61.6 Å². The molecule has 7 heteroatoms. The molecule has 0 bridgehead atoms. The summed E-state index contributed by atoms with van der Waals surface area (Å²) in [4.78, 5) is 20.8. The minimum absolute atomic E-state index is 0.0286. The fourth-order valence-corrected chi connectivity index (χ4v) is 5.16. The Morgan fingerprint density at radius 3 is 2.38 bits per heavy atom. The normalized spacial score (nSPS) is 15.2. The maximum atomic E-state index is 13.7. The first-order valence-corrected chi connectivity index (χ1v) is 13.1. The van der Waals surface area contributed by atoms with E-state index in [2.05, 4.69) is 19.9 Å². The van der Waals surface area contributed by atoms with E-state index in [1.54, 1.807) is 21.3 Å². The summed E-state index contributed by atoms with van der Waals surface area (Å²) in [5.74, 6) is 2.20. The van der Waals surface area contributed by atoms with E-state index in [1.165, 1.54) is 0 Å². The highest BCUT2D eigenvalue weighted by atomic mass is 16.5. The van der Waals surface area contributed by atoms with Crippen molar-refractivity contribution in [3.05, 3.63) is 48.0 Å². The first-order valence-electron chi connectivity index (χ1n) is 13.1. The van der Waals surface area contributed by atoms with Crippen LogP contribution in [0.2, 0.25) is 0 Å². The van der Waals surface area contributed by atoms with Crippen molar-refractivity contribution in [3.63, 3.8) is 0 Å². The lowest BCUT2D eigenvalue weighted by atomic mass is 9.98. The fraction of sp³-hybridized carbons (Fsp3) is 0.467. The Hall–Kier alpha value is -3.32. The Labute approximate surface area is 219 Å². The molecule has 0 unspecified atom stereocenters. The van der Waals surface area contributed by atoms with Crippen LogP contribution in [0.15, 0.2) is 42.5 Å². The molecule has 1 atom stereocenters. The van der Waals surface area contributed by atoms with E-state index in [9.17, 15) is 4.79 Å². The topological polar surface area (TPSA) is 70.1 Å². The van der Waals surface area contributed by atoms with Crippen LogP contribution in [0.1, 0.15) is 45.1 Å². The summed E-state index contributed by atoms with van der Waals surface area (Å²) in [6.45, 7) is 5.87. The highest BCUT2D eigenvalue weighted by Crippen LogP contribution is 2.39.